The van der Waals surface area contributed by atoms with Gasteiger partial charge in [0.1, 0.15) is 6.04 Å². The first kappa shape index (κ1) is 21.7. The second-order valence-corrected chi connectivity index (χ2v) is 8.20. The minimum absolute atomic E-state index is 0.0105. The average Bonchev–Trinajstić information content (AvgIpc) is 2.65. The Morgan fingerprint density at radius 1 is 0.929 bits per heavy atom. The lowest BCUT2D eigenvalue weighted by Crippen LogP contribution is -2.54. The zero-order valence-corrected chi connectivity index (χ0v) is 17.4. The summed E-state index contributed by atoms with van der Waals surface area (Å²) in [6.07, 6.45) is 1.68. The first-order valence-corrected chi connectivity index (χ1v) is 9.99. The molecule has 0 aliphatic heterocycles. The Kier molecular flexibility index (Phi) is 7.80. The van der Waals surface area contributed by atoms with Gasteiger partial charge in [-0.15, -0.1) is 0 Å². The van der Waals surface area contributed by atoms with Crippen LogP contribution in [0.5, 0.6) is 0 Å². The van der Waals surface area contributed by atoms with Gasteiger partial charge in [0.15, 0.2) is 0 Å². The van der Waals surface area contributed by atoms with Crippen molar-refractivity contribution in [2.75, 3.05) is 0 Å². The fourth-order valence-corrected chi connectivity index (χ4v) is 3.14. The Balaban J connectivity index is 2.37. The molecule has 0 saturated heterocycles. The van der Waals surface area contributed by atoms with Crippen molar-refractivity contribution in [3.8, 4) is 0 Å². The SMILES string of the molecule is CCCC(=O)N(Cc1ccccc1)[C@H](Cc1ccccc1)C(=O)NC(C)(C)C. The highest BCUT2D eigenvalue weighted by molar-refractivity contribution is 5.88. The van der Waals surface area contributed by atoms with Crippen LogP contribution in [0.25, 0.3) is 0 Å². The van der Waals surface area contributed by atoms with Crippen molar-refractivity contribution in [2.45, 2.75) is 65.1 Å². The fourth-order valence-electron chi connectivity index (χ4n) is 3.14. The lowest BCUT2D eigenvalue weighted by Gasteiger charge is -2.34. The molecule has 0 aliphatic carbocycles. The molecule has 28 heavy (non-hydrogen) atoms. The number of nitrogens with zero attached hydrogens (tertiary/aromatic N) is 1. The third kappa shape index (κ3) is 6.84. The van der Waals surface area contributed by atoms with Crippen molar-refractivity contribution < 1.29 is 9.59 Å². The number of rotatable bonds is 8. The molecule has 2 aromatic carbocycles. The molecule has 0 aliphatic rings. The van der Waals surface area contributed by atoms with Crippen LogP contribution in [0, 0.1) is 0 Å². The van der Waals surface area contributed by atoms with Crippen LogP contribution in [0.15, 0.2) is 60.7 Å². The summed E-state index contributed by atoms with van der Waals surface area (Å²) in [4.78, 5) is 27.9. The summed E-state index contributed by atoms with van der Waals surface area (Å²) in [5.41, 5.74) is 1.70. The molecular weight excluding hydrogens is 348 g/mol. The van der Waals surface area contributed by atoms with Crippen LogP contribution in [-0.4, -0.2) is 28.3 Å². The van der Waals surface area contributed by atoms with Gasteiger partial charge < -0.3 is 10.2 Å². The predicted octanol–water partition coefficient (Wildman–Crippen LogP) is 4.34. The molecule has 2 aromatic rings. The molecule has 4 heteroatoms. The molecule has 0 unspecified atom stereocenters. The van der Waals surface area contributed by atoms with Gasteiger partial charge in [0.25, 0.3) is 0 Å². The normalized spacial score (nSPS) is 12.3. The van der Waals surface area contributed by atoms with Gasteiger partial charge in [0.05, 0.1) is 0 Å². The summed E-state index contributed by atoms with van der Waals surface area (Å²) in [5, 5.41) is 3.07. The largest absolute Gasteiger partial charge is 0.350 e. The van der Waals surface area contributed by atoms with Gasteiger partial charge in [-0.25, -0.2) is 0 Å². The highest BCUT2D eigenvalue weighted by Crippen LogP contribution is 2.17. The standard InChI is InChI=1S/C24H32N2O2/c1-5-12-22(27)26(18-20-15-10-7-11-16-20)21(23(28)25-24(2,3)4)17-19-13-8-6-9-14-19/h6-11,13-16,21H,5,12,17-18H2,1-4H3,(H,25,28)/t21-/m1/s1. The third-order valence-electron chi connectivity index (χ3n) is 4.43. The molecule has 0 radical (unpaired) electrons. The van der Waals surface area contributed by atoms with E-state index in [9.17, 15) is 9.59 Å². The maximum Gasteiger partial charge on any atom is 0.243 e. The highest BCUT2D eigenvalue weighted by Gasteiger charge is 2.31. The number of nitrogens with one attached hydrogen (secondary N) is 1. The summed E-state index contributed by atoms with van der Waals surface area (Å²) in [7, 11) is 0. The lowest BCUT2D eigenvalue weighted by atomic mass is 10.0. The molecule has 150 valence electrons. The van der Waals surface area contributed by atoms with Gasteiger partial charge in [-0.1, -0.05) is 67.6 Å². The zero-order chi connectivity index (χ0) is 20.6. The van der Waals surface area contributed by atoms with Crippen molar-refractivity contribution in [1.29, 1.82) is 0 Å². The van der Waals surface area contributed by atoms with Crippen molar-refractivity contribution in [2.24, 2.45) is 0 Å². The molecule has 1 atom stereocenters. The van der Waals surface area contributed by atoms with Crippen LogP contribution in [-0.2, 0) is 22.6 Å². The van der Waals surface area contributed by atoms with E-state index in [4.69, 9.17) is 0 Å². The van der Waals surface area contributed by atoms with E-state index in [0.717, 1.165) is 17.5 Å². The monoisotopic (exact) mass is 380 g/mol. The van der Waals surface area contributed by atoms with Crippen molar-refractivity contribution in [3.05, 3.63) is 71.8 Å². The Morgan fingerprint density at radius 3 is 1.96 bits per heavy atom. The summed E-state index contributed by atoms with van der Waals surface area (Å²) in [6.45, 7) is 8.29. The molecule has 0 spiro atoms. The van der Waals surface area contributed by atoms with Crippen molar-refractivity contribution in [1.82, 2.24) is 10.2 Å². The number of amides is 2. The Bertz CT molecular complexity index is 751. The molecule has 0 saturated carbocycles. The minimum Gasteiger partial charge on any atom is -0.350 e. The first-order valence-electron chi connectivity index (χ1n) is 9.99. The van der Waals surface area contributed by atoms with Gasteiger partial charge in [0.2, 0.25) is 11.8 Å². The van der Waals surface area contributed by atoms with Crippen LogP contribution >= 0.6 is 0 Å². The molecule has 0 heterocycles. The number of carbonyl (C=O) groups excluding carboxylic acids is 2. The van der Waals surface area contributed by atoms with Crippen molar-refractivity contribution in [3.63, 3.8) is 0 Å². The molecule has 4 nitrogen and oxygen atoms in total. The number of carbonyl (C=O) groups is 2. The van der Waals surface area contributed by atoms with Gasteiger partial charge >= 0.3 is 0 Å². The summed E-state index contributed by atoms with van der Waals surface area (Å²) in [6, 6.07) is 19.2. The summed E-state index contributed by atoms with van der Waals surface area (Å²) in [5.74, 6) is -0.104. The molecule has 0 fully saturated rings. The second-order valence-electron chi connectivity index (χ2n) is 8.20. The quantitative estimate of drug-likeness (QED) is 0.740. The van der Waals surface area contributed by atoms with E-state index in [1.807, 2.05) is 88.4 Å². The Morgan fingerprint density at radius 2 is 1.46 bits per heavy atom. The molecular formula is C24H32N2O2. The molecule has 2 amide bonds. The van der Waals surface area contributed by atoms with E-state index in [2.05, 4.69) is 5.32 Å². The molecule has 0 bridgehead atoms. The lowest BCUT2D eigenvalue weighted by molar-refractivity contribution is -0.142. The Labute approximate surface area is 169 Å². The van der Waals surface area contributed by atoms with E-state index in [1.165, 1.54) is 0 Å². The van der Waals surface area contributed by atoms with Crippen LogP contribution in [0.4, 0.5) is 0 Å². The van der Waals surface area contributed by atoms with E-state index in [-0.39, 0.29) is 17.4 Å². The first-order chi connectivity index (χ1) is 13.3. The van der Waals surface area contributed by atoms with Gasteiger partial charge in [-0.2, -0.15) is 0 Å². The van der Waals surface area contributed by atoms with E-state index < -0.39 is 6.04 Å². The Hall–Kier alpha value is -2.62. The number of hydrogen-bond acceptors (Lipinski definition) is 2. The predicted molar refractivity (Wildman–Crippen MR) is 114 cm³/mol. The second kappa shape index (κ2) is 10.1. The van der Waals surface area contributed by atoms with Crippen molar-refractivity contribution >= 4 is 11.8 Å². The van der Waals surface area contributed by atoms with E-state index in [0.29, 0.717) is 19.4 Å². The molecule has 2 rings (SSSR count). The maximum absolute atomic E-state index is 13.2. The van der Waals surface area contributed by atoms with Crippen LogP contribution in [0.1, 0.15) is 51.7 Å². The van der Waals surface area contributed by atoms with Gasteiger partial charge in [0, 0.05) is 24.9 Å². The number of benzene rings is 2. The third-order valence-corrected chi connectivity index (χ3v) is 4.43. The molecule has 0 aromatic heterocycles. The van der Waals surface area contributed by atoms with Crippen LogP contribution in [0.3, 0.4) is 0 Å². The van der Waals surface area contributed by atoms with E-state index >= 15 is 0 Å². The highest BCUT2D eigenvalue weighted by atomic mass is 16.2. The van der Waals surface area contributed by atoms with Crippen LogP contribution < -0.4 is 5.32 Å². The zero-order valence-electron chi connectivity index (χ0n) is 17.4. The topological polar surface area (TPSA) is 49.4 Å². The maximum atomic E-state index is 13.2. The fraction of sp³-hybridized carbons (Fsp3) is 0.417. The van der Waals surface area contributed by atoms with Gasteiger partial charge in [-0.05, 0) is 38.3 Å². The minimum atomic E-state index is -0.555. The smallest absolute Gasteiger partial charge is 0.243 e. The average molecular weight is 381 g/mol. The van der Waals surface area contributed by atoms with Gasteiger partial charge in [-0.3, -0.25) is 9.59 Å². The number of hydrogen-bond donors (Lipinski definition) is 1. The summed E-state index contributed by atoms with van der Waals surface area (Å²) < 4.78 is 0. The van der Waals surface area contributed by atoms with E-state index in [1.54, 1.807) is 4.90 Å². The van der Waals surface area contributed by atoms with Crippen LogP contribution in [0.2, 0.25) is 0 Å². The molecule has 1 N–H and O–H groups in total. The summed E-state index contributed by atoms with van der Waals surface area (Å²) >= 11 is 0.